The second-order valence-electron chi connectivity index (χ2n) is 5.79. The van der Waals surface area contributed by atoms with E-state index < -0.39 is 9.84 Å². The lowest BCUT2D eigenvalue weighted by molar-refractivity contribution is 0.127. The molecule has 1 aliphatic heterocycles. The van der Waals surface area contributed by atoms with Crippen molar-refractivity contribution < 1.29 is 17.9 Å². The number of thiazole rings is 1. The Balaban J connectivity index is 1.66. The molecule has 2 heterocycles. The van der Waals surface area contributed by atoms with Gasteiger partial charge in [-0.05, 0) is 44.0 Å². The standard InChI is InChI=1S/C17H21NO4S2/c1-2-21-15-7-5-13(6-8-15)17-18-14(10-23-17)11-24(19,20)12-16-4-3-9-22-16/h5-8,10,16H,2-4,9,11-12H2,1H3. The van der Waals surface area contributed by atoms with Crippen molar-refractivity contribution in [2.75, 3.05) is 19.0 Å². The molecule has 3 rings (SSSR count). The van der Waals surface area contributed by atoms with Crippen molar-refractivity contribution in [1.82, 2.24) is 4.98 Å². The lowest BCUT2D eigenvalue weighted by atomic mass is 10.2. The number of nitrogens with zero attached hydrogens (tertiary/aromatic N) is 1. The molecule has 1 aromatic carbocycles. The van der Waals surface area contributed by atoms with Gasteiger partial charge < -0.3 is 9.47 Å². The zero-order valence-corrected chi connectivity index (χ0v) is 15.2. The first-order chi connectivity index (χ1) is 11.6. The van der Waals surface area contributed by atoms with Gasteiger partial charge in [0.25, 0.3) is 0 Å². The fourth-order valence-corrected chi connectivity index (χ4v) is 5.19. The Labute approximate surface area is 146 Å². The number of ether oxygens (including phenoxy) is 2. The first-order valence-corrected chi connectivity index (χ1v) is 10.8. The molecule has 0 bridgehead atoms. The number of hydrogen-bond acceptors (Lipinski definition) is 6. The molecule has 1 atom stereocenters. The monoisotopic (exact) mass is 367 g/mol. The van der Waals surface area contributed by atoms with E-state index in [0.29, 0.717) is 18.9 Å². The topological polar surface area (TPSA) is 65.5 Å². The van der Waals surface area contributed by atoms with Gasteiger partial charge in [-0.2, -0.15) is 0 Å². The molecule has 5 nitrogen and oxygen atoms in total. The summed E-state index contributed by atoms with van der Waals surface area (Å²) in [5.41, 5.74) is 1.56. The van der Waals surface area contributed by atoms with E-state index in [4.69, 9.17) is 9.47 Å². The minimum Gasteiger partial charge on any atom is -0.494 e. The summed E-state index contributed by atoms with van der Waals surface area (Å²) < 4.78 is 35.4. The Bertz CT molecular complexity index is 762. The molecular formula is C17H21NO4S2. The van der Waals surface area contributed by atoms with Crippen LogP contribution in [-0.4, -0.2) is 38.5 Å². The maximum atomic E-state index is 12.3. The van der Waals surface area contributed by atoms with E-state index in [9.17, 15) is 8.42 Å². The van der Waals surface area contributed by atoms with Gasteiger partial charge in [0.1, 0.15) is 10.8 Å². The highest BCUT2D eigenvalue weighted by molar-refractivity contribution is 7.90. The summed E-state index contributed by atoms with van der Waals surface area (Å²) in [6, 6.07) is 7.67. The maximum absolute atomic E-state index is 12.3. The molecule has 7 heteroatoms. The smallest absolute Gasteiger partial charge is 0.158 e. The molecule has 1 saturated heterocycles. The van der Waals surface area contributed by atoms with Crippen LogP contribution in [0, 0.1) is 0 Å². The average molecular weight is 367 g/mol. The van der Waals surface area contributed by atoms with Gasteiger partial charge in [0, 0.05) is 17.6 Å². The first kappa shape index (κ1) is 17.4. The van der Waals surface area contributed by atoms with Gasteiger partial charge in [-0.3, -0.25) is 0 Å². The van der Waals surface area contributed by atoms with Crippen LogP contribution >= 0.6 is 11.3 Å². The molecule has 1 fully saturated rings. The highest BCUT2D eigenvalue weighted by Crippen LogP contribution is 2.27. The van der Waals surface area contributed by atoms with Crippen LogP contribution in [0.15, 0.2) is 29.6 Å². The normalized spacial score (nSPS) is 18.0. The minimum absolute atomic E-state index is 0.0274. The second kappa shape index (κ2) is 7.63. The summed E-state index contributed by atoms with van der Waals surface area (Å²) in [7, 11) is -3.20. The van der Waals surface area contributed by atoms with E-state index in [1.807, 2.05) is 36.6 Å². The predicted molar refractivity (Wildman–Crippen MR) is 95.2 cm³/mol. The Morgan fingerprint density at radius 3 is 2.79 bits per heavy atom. The Morgan fingerprint density at radius 2 is 2.12 bits per heavy atom. The van der Waals surface area contributed by atoms with Crippen LogP contribution in [0.4, 0.5) is 0 Å². The molecule has 0 amide bonds. The molecule has 24 heavy (non-hydrogen) atoms. The zero-order valence-electron chi connectivity index (χ0n) is 13.6. The van der Waals surface area contributed by atoms with Crippen molar-refractivity contribution in [2.24, 2.45) is 0 Å². The Hall–Kier alpha value is -1.44. The number of sulfone groups is 1. The molecule has 0 spiro atoms. The van der Waals surface area contributed by atoms with Crippen molar-refractivity contribution in [3.8, 4) is 16.3 Å². The van der Waals surface area contributed by atoms with E-state index in [1.54, 1.807) is 0 Å². The second-order valence-corrected chi connectivity index (χ2v) is 8.76. The highest BCUT2D eigenvalue weighted by Gasteiger charge is 2.24. The van der Waals surface area contributed by atoms with Gasteiger partial charge >= 0.3 is 0 Å². The SMILES string of the molecule is CCOc1ccc(-c2nc(CS(=O)(=O)CC3CCCO3)cs2)cc1. The van der Waals surface area contributed by atoms with Crippen molar-refractivity contribution in [2.45, 2.75) is 31.6 Å². The fraction of sp³-hybridized carbons (Fsp3) is 0.471. The summed E-state index contributed by atoms with van der Waals surface area (Å²) in [5, 5.41) is 2.64. The number of rotatable bonds is 7. The number of benzene rings is 1. The molecule has 0 N–H and O–H groups in total. The van der Waals surface area contributed by atoms with Crippen LogP contribution in [0.3, 0.4) is 0 Å². The summed E-state index contributed by atoms with van der Waals surface area (Å²) >= 11 is 1.46. The van der Waals surface area contributed by atoms with Crippen LogP contribution in [0.1, 0.15) is 25.5 Å². The van der Waals surface area contributed by atoms with Crippen LogP contribution in [0.5, 0.6) is 5.75 Å². The molecule has 1 unspecified atom stereocenters. The maximum Gasteiger partial charge on any atom is 0.158 e. The molecule has 1 aromatic heterocycles. The summed E-state index contributed by atoms with van der Waals surface area (Å²) in [6.45, 7) is 3.24. The predicted octanol–water partition coefficient (Wildman–Crippen LogP) is 3.30. The minimum atomic E-state index is -3.20. The van der Waals surface area contributed by atoms with Crippen LogP contribution < -0.4 is 4.74 Å². The Kier molecular flexibility index (Phi) is 5.53. The zero-order chi connectivity index (χ0) is 17.0. The molecule has 0 radical (unpaired) electrons. The van der Waals surface area contributed by atoms with Gasteiger partial charge in [0.05, 0.1) is 29.9 Å². The average Bonchev–Trinajstić information content (AvgIpc) is 3.19. The van der Waals surface area contributed by atoms with Crippen molar-refractivity contribution in [3.05, 3.63) is 35.3 Å². The number of aromatic nitrogens is 1. The van der Waals surface area contributed by atoms with Crippen molar-refractivity contribution in [1.29, 1.82) is 0 Å². The Morgan fingerprint density at radius 1 is 1.33 bits per heavy atom. The first-order valence-electron chi connectivity index (χ1n) is 8.05. The van der Waals surface area contributed by atoms with Gasteiger partial charge in [-0.15, -0.1) is 11.3 Å². The third-order valence-corrected chi connectivity index (χ3v) is 6.35. The largest absolute Gasteiger partial charge is 0.494 e. The highest BCUT2D eigenvalue weighted by atomic mass is 32.2. The van der Waals surface area contributed by atoms with E-state index >= 15 is 0 Å². The van der Waals surface area contributed by atoms with Gasteiger partial charge in [0.15, 0.2) is 9.84 Å². The third-order valence-electron chi connectivity index (χ3n) is 3.80. The van der Waals surface area contributed by atoms with Gasteiger partial charge in [-0.25, -0.2) is 13.4 Å². The van der Waals surface area contributed by atoms with E-state index in [0.717, 1.165) is 29.2 Å². The molecule has 0 saturated carbocycles. The molecule has 0 aliphatic carbocycles. The molecule has 2 aromatic rings. The van der Waals surface area contributed by atoms with E-state index in [1.165, 1.54) is 11.3 Å². The van der Waals surface area contributed by atoms with Gasteiger partial charge in [-0.1, -0.05) is 0 Å². The van der Waals surface area contributed by atoms with E-state index in [2.05, 4.69) is 4.98 Å². The fourth-order valence-electron chi connectivity index (χ4n) is 2.71. The van der Waals surface area contributed by atoms with Crippen LogP contribution in [0.2, 0.25) is 0 Å². The summed E-state index contributed by atoms with van der Waals surface area (Å²) in [4.78, 5) is 4.47. The van der Waals surface area contributed by atoms with Crippen LogP contribution in [0.25, 0.3) is 10.6 Å². The summed E-state index contributed by atoms with van der Waals surface area (Å²) in [5.74, 6) is 0.876. The van der Waals surface area contributed by atoms with Crippen LogP contribution in [-0.2, 0) is 20.3 Å². The molecular weight excluding hydrogens is 346 g/mol. The quantitative estimate of drug-likeness (QED) is 0.751. The number of hydrogen-bond donors (Lipinski definition) is 0. The summed E-state index contributed by atoms with van der Waals surface area (Å²) in [6.07, 6.45) is 1.62. The molecule has 130 valence electrons. The lowest BCUT2D eigenvalue weighted by Crippen LogP contribution is -2.21. The van der Waals surface area contributed by atoms with Crippen molar-refractivity contribution >= 4 is 21.2 Å². The van der Waals surface area contributed by atoms with Crippen molar-refractivity contribution in [3.63, 3.8) is 0 Å². The van der Waals surface area contributed by atoms with Gasteiger partial charge in [0.2, 0.25) is 0 Å². The third kappa shape index (κ3) is 4.55. The van der Waals surface area contributed by atoms with E-state index in [-0.39, 0.29) is 17.6 Å². The molecule has 1 aliphatic rings. The lowest BCUT2D eigenvalue weighted by Gasteiger charge is -2.08.